The van der Waals surface area contributed by atoms with Gasteiger partial charge in [0.2, 0.25) is 15.9 Å². The van der Waals surface area contributed by atoms with Crippen LogP contribution in [-0.2, 0) is 14.8 Å². The minimum Gasteiger partial charge on any atom is -0.353 e. The number of carbonyl (C=O) groups excluding carboxylic acids is 1. The van der Waals surface area contributed by atoms with Crippen molar-refractivity contribution in [2.24, 2.45) is 0 Å². The Morgan fingerprint density at radius 2 is 1.76 bits per heavy atom. The molecule has 1 N–H and O–H groups in total. The first kappa shape index (κ1) is 16.7. The highest BCUT2D eigenvalue weighted by Crippen LogP contribution is 2.37. The summed E-state index contributed by atoms with van der Waals surface area (Å²) in [5, 5.41) is 2.96. The third kappa shape index (κ3) is 3.76. The van der Waals surface area contributed by atoms with E-state index < -0.39 is 10.0 Å². The number of carbonyl (C=O) groups is 1. The summed E-state index contributed by atoms with van der Waals surface area (Å²) in [5.74, 6) is 0.0869. The van der Waals surface area contributed by atoms with Gasteiger partial charge in [0.25, 0.3) is 0 Å². The Hall–Kier alpha value is -0.660. The van der Waals surface area contributed by atoms with Gasteiger partial charge in [0.05, 0.1) is 6.26 Å². The number of amides is 1. The molecule has 1 heterocycles. The third-order valence-corrected chi connectivity index (χ3v) is 6.16. The lowest BCUT2D eigenvalue weighted by molar-refractivity contribution is -0.132. The van der Waals surface area contributed by atoms with Crippen molar-refractivity contribution in [2.45, 2.75) is 44.1 Å². The second-order valence-electron chi connectivity index (χ2n) is 6.27. The molecule has 1 saturated carbocycles. The highest BCUT2D eigenvalue weighted by atomic mass is 32.2. The van der Waals surface area contributed by atoms with Crippen LogP contribution in [-0.4, -0.2) is 68.6 Å². The fraction of sp³-hybridized carbons (Fsp3) is 0.929. The monoisotopic (exact) mass is 317 g/mol. The molecule has 6 nitrogen and oxygen atoms in total. The van der Waals surface area contributed by atoms with Crippen LogP contribution in [0.1, 0.15) is 38.5 Å². The molecule has 0 atom stereocenters. The Bertz CT molecular complexity index is 466. The van der Waals surface area contributed by atoms with Gasteiger partial charge in [-0.2, -0.15) is 0 Å². The predicted molar refractivity (Wildman–Crippen MR) is 82.5 cm³/mol. The van der Waals surface area contributed by atoms with E-state index in [0.717, 1.165) is 38.8 Å². The molecule has 21 heavy (non-hydrogen) atoms. The first-order valence-electron chi connectivity index (χ1n) is 7.81. The van der Waals surface area contributed by atoms with Crippen LogP contribution in [0.4, 0.5) is 0 Å². The van der Waals surface area contributed by atoms with Gasteiger partial charge in [-0.3, -0.25) is 9.69 Å². The van der Waals surface area contributed by atoms with Gasteiger partial charge in [-0.15, -0.1) is 0 Å². The van der Waals surface area contributed by atoms with Gasteiger partial charge in [-0.1, -0.05) is 12.8 Å². The number of rotatable bonds is 6. The average molecular weight is 317 g/mol. The van der Waals surface area contributed by atoms with E-state index in [1.54, 1.807) is 0 Å². The molecule has 0 aromatic heterocycles. The molecular weight excluding hydrogens is 290 g/mol. The number of nitrogens with one attached hydrogen (secondary N) is 1. The standard InChI is InChI=1S/C14H27N3O3S/c1-16(21(2,19)20)12-9-15-13(18)14(7-3-4-8-14)17-10-5-6-11-17/h3-12H2,1-2H3,(H,15,18). The first-order valence-corrected chi connectivity index (χ1v) is 9.66. The highest BCUT2D eigenvalue weighted by molar-refractivity contribution is 7.88. The predicted octanol–water partition coefficient (Wildman–Crippen LogP) is 0.403. The molecule has 2 aliphatic rings. The highest BCUT2D eigenvalue weighted by Gasteiger charge is 2.46. The summed E-state index contributed by atoms with van der Waals surface area (Å²) in [6, 6.07) is 0. The molecule has 0 aromatic carbocycles. The maximum Gasteiger partial charge on any atom is 0.240 e. The van der Waals surface area contributed by atoms with Gasteiger partial charge in [-0.05, 0) is 38.8 Å². The second-order valence-corrected chi connectivity index (χ2v) is 8.36. The molecule has 2 fully saturated rings. The summed E-state index contributed by atoms with van der Waals surface area (Å²) in [6.07, 6.45) is 7.59. The molecule has 2 rings (SSSR count). The van der Waals surface area contributed by atoms with Crippen LogP contribution in [0, 0.1) is 0 Å². The molecule has 0 radical (unpaired) electrons. The SMILES string of the molecule is CN(CCNC(=O)C1(N2CCCC2)CCCC1)S(C)(=O)=O. The second kappa shape index (κ2) is 6.62. The number of hydrogen-bond acceptors (Lipinski definition) is 4. The Balaban J connectivity index is 1.91. The van der Waals surface area contributed by atoms with Gasteiger partial charge in [0.15, 0.2) is 0 Å². The van der Waals surface area contributed by atoms with Crippen molar-refractivity contribution in [2.75, 3.05) is 39.5 Å². The van der Waals surface area contributed by atoms with Crippen molar-refractivity contribution in [3.8, 4) is 0 Å². The van der Waals surface area contributed by atoms with Crippen LogP contribution >= 0.6 is 0 Å². The Morgan fingerprint density at radius 1 is 1.19 bits per heavy atom. The lowest BCUT2D eigenvalue weighted by Gasteiger charge is -2.37. The fourth-order valence-electron chi connectivity index (χ4n) is 3.45. The molecule has 122 valence electrons. The van der Waals surface area contributed by atoms with Crippen LogP contribution in [0.3, 0.4) is 0 Å². The topological polar surface area (TPSA) is 69.7 Å². The Labute approximate surface area is 127 Å². The van der Waals surface area contributed by atoms with E-state index in [9.17, 15) is 13.2 Å². The number of hydrogen-bond donors (Lipinski definition) is 1. The number of sulfonamides is 1. The van der Waals surface area contributed by atoms with Crippen LogP contribution in [0.15, 0.2) is 0 Å². The minimum absolute atomic E-state index is 0.0869. The molecule has 1 amide bonds. The minimum atomic E-state index is -3.18. The van der Waals surface area contributed by atoms with Gasteiger partial charge in [0.1, 0.15) is 5.54 Å². The molecule has 1 aliphatic heterocycles. The van der Waals surface area contributed by atoms with Crippen molar-refractivity contribution in [1.29, 1.82) is 0 Å². The Kier molecular flexibility index (Phi) is 5.27. The fourth-order valence-corrected chi connectivity index (χ4v) is 3.87. The molecule has 0 bridgehead atoms. The molecule has 1 saturated heterocycles. The third-order valence-electron chi connectivity index (χ3n) is 4.84. The van der Waals surface area contributed by atoms with Gasteiger partial charge < -0.3 is 5.32 Å². The zero-order valence-corrected chi connectivity index (χ0v) is 13.9. The molecule has 7 heteroatoms. The van der Waals surface area contributed by atoms with E-state index in [4.69, 9.17) is 0 Å². The summed E-state index contributed by atoms with van der Waals surface area (Å²) in [7, 11) is -1.64. The van der Waals surface area contributed by atoms with E-state index in [0.29, 0.717) is 13.1 Å². The summed E-state index contributed by atoms with van der Waals surface area (Å²) in [4.78, 5) is 15.0. The van der Waals surface area contributed by atoms with E-state index in [-0.39, 0.29) is 11.4 Å². The number of nitrogens with zero attached hydrogens (tertiary/aromatic N) is 2. The molecule has 1 aliphatic carbocycles. The summed E-state index contributed by atoms with van der Waals surface area (Å²) in [6.45, 7) is 2.71. The zero-order valence-electron chi connectivity index (χ0n) is 13.1. The summed E-state index contributed by atoms with van der Waals surface area (Å²) in [5.41, 5.74) is -0.333. The normalized spacial score (nSPS) is 22.8. The van der Waals surface area contributed by atoms with Crippen LogP contribution in [0.5, 0.6) is 0 Å². The van der Waals surface area contributed by atoms with Gasteiger partial charge in [0, 0.05) is 20.1 Å². The van der Waals surface area contributed by atoms with Crippen molar-refractivity contribution in [1.82, 2.24) is 14.5 Å². The van der Waals surface area contributed by atoms with Crippen molar-refractivity contribution in [3.63, 3.8) is 0 Å². The quantitative estimate of drug-likeness (QED) is 0.770. The van der Waals surface area contributed by atoms with Crippen LogP contribution in [0.25, 0.3) is 0 Å². The molecule has 0 spiro atoms. The number of likely N-dealkylation sites (tertiary alicyclic amines) is 1. The van der Waals surface area contributed by atoms with Crippen molar-refractivity contribution >= 4 is 15.9 Å². The molecule has 0 aromatic rings. The lowest BCUT2D eigenvalue weighted by Crippen LogP contribution is -2.57. The van der Waals surface area contributed by atoms with Gasteiger partial charge >= 0.3 is 0 Å². The molecular formula is C14H27N3O3S. The van der Waals surface area contributed by atoms with E-state index in [1.807, 2.05) is 0 Å². The summed E-state index contributed by atoms with van der Waals surface area (Å²) >= 11 is 0. The summed E-state index contributed by atoms with van der Waals surface area (Å²) < 4.78 is 23.9. The maximum atomic E-state index is 12.7. The first-order chi connectivity index (χ1) is 9.86. The van der Waals surface area contributed by atoms with Crippen molar-refractivity contribution in [3.05, 3.63) is 0 Å². The maximum absolute atomic E-state index is 12.7. The smallest absolute Gasteiger partial charge is 0.240 e. The van der Waals surface area contributed by atoms with Crippen LogP contribution in [0.2, 0.25) is 0 Å². The lowest BCUT2D eigenvalue weighted by atomic mass is 9.94. The zero-order chi connectivity index (χ0) is 15.5. The van der Waals surface area contributed by atoms with E-state index in [2.05, 4.69) is 10.2 Å². The van der Waals surface area contributed by atoms with Crippen molar-refractivity contribution < 1.29 is 13.2 Å². The largest absolute Gasteiger partial charge is 0.353 e. The van der Waals surface area contributed by atoms with E-state index >= 15 is 0 Å². The molecule has 0 unspecified atom stereocenters. The van der Waals surface area contributed by atoms with E-state index in [1.165, 1.54) is 30.5 Å². The average Bonchev–Trinajstić information content (AvgIpc) is 3.08. The number of likely N-dealkylation sites (N-methyl/N-ethyl adjacent to an activating group) is 1. The van der Waals surface area contributed by atoms with Gasteiger partial charge in [-0.25, -0.2) is 12.7 Å². The van der Waals surface area contributed by atoms with Crippen LogP contribution < -0.4 is 5.32 Å². The Morgan fingerprint density at radius 3 is 2.29 bits per heavy atom.